The van der Waals surface area contributed by atoms with Crippen LogP contribution in [0.15, 0.2) is 0 Å². The fraction of sp³-hybridized carbons (Fsp3) is 0.900. The molecule has 1 amide bonds. The van der Waals surface area contributed by atoms with Gasteiger partial charge in [0.15, 0.2) is 0 Å². The zero-order valence-electron chi connectivity index (χ0n) is 9.93. The van der Waals surface area contributed by atoms with Gasteiger partial charge in [-0.25, -0.2) is 4.79 Å². The molecular formula is C10H18BNO4. The maximum Gasteiger partial charge on any atom is 0.412 e. The second kappa shape index (κ2) is 4.26. The molecule has 0 aliphatic carbocycles. The number of ether oxygens (including phenoxy) is 1. The molecule has 2 N–H and O–H groups in total. The van der Waals surface area contributed by atoms with E-state index in [1.165, 1.54) is 0 Å². The molecule has 0 aromatic heterocycles. The maximum atomic E-state index is 11.8. The molecule has 16 heavy (non-hydrogen) atoms. The summed E-state index contributed by atoms with van der Waals surface area (Å²) < 4.78 is 5.13. The Morgan fingerprint density at radius 3 is 2.62 bits per heavy atom. The van der Waals surface area contributed by atoms with E-state index in [0.717, 1.165) is 4.90 Å². The van der Waals surface area contributed by atoms with Gasteiger partial charge in [-0.1, -0.05) is 0 Å². The Balaban J connectivity index is 2.79. The van der Waals surface area contributed by atoms with E-state index in [1.54, 1.807) is 20.8 Å². The zero-order chi connectivity index (χ0) is 12.6. The number of carbonyl (C=O) groups is 1. The lowest BCUT2D eigenvalue weighted by molar-refractivity contribution is -0.0509. The number of aliphatic hydroxyl groups is 2. The highest BCUT2D eigenvalue weighted by Gasteiger charge is 2.45. The normalized spacial score (nSPS) is 30.6. The average Bonchev–Trinajstić information content (AvgIpc) is 2.37. The van der Waals surface area contributed by atoms with Gasteiger partial charge < -0.3 is 14.9 Å². The molecule has 5 nitrogen and oxygen atoms in total. The van der Waals surface area contributed by atoms with Crippen LogP contribution >= 0.6 is 0 Å². The molecule has 0 aromatic rings. The van der Waals surface area contributed by atoms with Crippen molar-refractivity contribution in [3.8, 4) is 0 Å². The summed E-state index contributed by atoms with van der Waals surface area (Å²) >= 11 is 0. The number of nitrogens with zero attached hydrogens (tertiary/aromatic N) is 1. The number of aliphatic hydroxyl groups excluding tert-OH is 1. The van der Waals surface area contributed by atoms with E-state index in [4.69, 9.17) is 17.7 Å². The molecule has 2 radical (unpaired) electrons. The van der Waals surface area contributed by atoms with E-state index < -0.39 is 23.4 Å². The molecule has 1 saturated heterocycles. The lowest BCUT2D eigenvalue weighted by Crippen LogP contribution is -2.53. The van der Waals surface area contributed by atoms with Crippen molar-refractivity contribution < 1.29 is 19.7 Å². The minimum Gasteiger partial charge on any atom is -0.444 e. The molecule has 1 aliphatic heterocycles. The number of hydrogen-bond donors (Lipinski definition) is 2. The predicted molar refractivity (Wildman–Crippen MR) is 58.9 cm³/mol. The largest absolute Gasteiger partial charge is 0.444 e. The summed E-state index contributed by atoms with van der Waals surface area (Å²) in [4.78, 5) is 12.8. The SMILES string of the molecule is [B]C1(O)CCC(CO)N1C(=O)OC(C)(C)C. The van der Waals surface area contributed by atoms with Crippen LogP contribution in [0.25, 0.3) is 0 Å². The van der Waals surface area contributed by atoms with E-state index in [9.17, 15) is 9.90 Å². The fourth-order valence-electron chi connectivity index (χ4n) is 1.74. The van der Waals surface area contributed by atoms with E-state index >= 15 is 0 Å². The number of amides is 1. The molecule has 0 aromatic carbocycles. The maximum absolute atomic E-state index is 11.8. The summed E-state index contributed by atoms with van der Waals surface area (Å²) in [6.07, 6.45) is -0.00530. The van der Waals surface area contributed by atoms with E-state index in [-0.39, 0.29) is 13.0 Å². The van der Waals surface area contributed by atoms with Gasteiger partial charge in [0.05, 0.1) is 18.3 Å². The van der Waals surface area contributed by atoms with Crippen LogP contribution < -0.4 is 0 Å². The first-order chi connectivity index (χ1) is 7.17. The molecule has 0 spiro atoms. The molecule has 6 heteroatoms. The molecule has 0 saturated carbocycles. The van der Waals surface area contributed by atoms with Crippen LogP contribution in [-0.2, 0) is 4.74 Å². The van der Waals surface area contributed by atoms with Crippen LogP contribution in [0, 0.1) is 0 Å². The lowest BCUT2D eigenvalue weighted by atomic mass is 9.89. The highest BCUT2D eigenvalue weighted by molar-refractivity contribution is 6.15. The first kappa shape index (κ1) is 13.3. The topological polar surface area (TPSA) is 70.0 Å². The fourth-order valence-corrected chi connectivity index (χ4v) is 1.74. The third-order valence-electron chi connectivity index (χ3n) is 2.43. The van der Waals surface area contributed by atoms with Gasteiger partial charge in [-0.3, -0.25) is 4.90 Å². The monoisotopic (exact) mass is 227 g/mol. The van der Waals surface area contributed by atoms with Gasteiger partial charge >= 0.3 is 6.09 Å². The molecular weight excluding hydrogens is 209 g/mol. The summed E-state index contributed by atoms with van der Waals surface area (Å²) in [5.41, 5.74) is -2.38. The standard InChI is InChI=1S/C10H18BNO4/c1-9(2,3)16-8(14)12-7(6-13)4-5-10(12,11)15/h7,13,15H,4-6H2,1-3H3. The van der Waals surface area contributed by atoms with Crippen molar-refractivity contribution in [3.05, 3.63) is 0 Å². The summed E-state index contributed by atoms with van der Waals surface area (Å²) in [6.45, 7) is 4.94. The summed E-state index contributed by atoms with van der Waals surface area (Å²) in [5, 5.41) is 18.9. The number of carbonyl (C=O) groups excluding carboxylic acids is 1. The predicted octanol–water partition coefficient (Wildman–Crippen LogP) is 0.193. The number of rotatable bonds is 1. The van der Waals surface area contributed by atoms with Crippen LogP contribution in [0.4, 0.5) is 4.79 Å². The highest BCUT2D eigenvalue weighted by atomic mass is 16.6. The quantitative estimate of drug-likeness (QED) is 0.627. The minimum absolute atomic E-state index is 0.234. The van der Waals surface area contributed by atoms with Crippen LogP contribution in [0.1, 0.15) is 33.6 Å². The van der Waals surface area contributed by atoms with Crippen LogP contribution in [0.2, 0.25) is 0 Å². The Bertz CT molecular complexity index is 274. The molecule has 1 fully saturated rings. The van der Waals surface area contributed by atoms with Crippen LogP contribution in [0.3, 0.4) is 0 Å². The van der Waals surface area contributed by atoms with Gasteiger partial charge in [0.25, 0.3) is 0 Å². The molecule has 2 atom stereocenters. The van der Waals surface area contributed by atoms with Crippen molar-refractivity contribution in [2.75, 3.05) is 6.61 Å². The van der Waals surface area contributed by atoms with Crippen molar-refractivity contribution >= 4 is 13.9 Å². The van der Waals surface area contributed by atoms with E-state index in [0.29, 0.717) is 6.42 Å². The van der Waals surface area contributed by atoms with Gasteiger partial charge in [-0.2, -0.15) is 0 Å². The third-order valence-corrected chi connectivity index (χ3v) is 2.43. The molecule has 2 unspecified atom stereocenters. The van der Waals surface area contributed by atoms with Gasteiger partial charge in [0.2, 0.25) is 0 Å². The van der Waals surface area contributed by atoms with Crippen LogP contribution in [-0.4, -0.2) is 52.9 Å². The van der Waals surface area contributed by atoms with Gasteiger partial charge in [0, 0.05) is 0 Å². The first-order valence-corrected chi connectivity index (χ1v) is 5.32. The Morgan fingerprint density at radius 2 is 2.19 bits per heavy atom. The second-order valence-electron chi connectivity index (χ2n) is 5.10. The second-order valence-corrected chi connectivity index (χ2v) is 5.10. The minimum atomic E-state index is -1.73. The first-order valence-electron chi connectivity index (χ1n) is 5.32. The summed E-state index contributed by atoms with van der Waals surface area (Å²) in [5.74, 6) is 0. The summed E-state index contributed by atoms with van der Waals surface area (Å²) in [6, 6.07) is -0.482. The highest BCUT2D eigenvalue weighted by Crippen LogP contribution is 2.30. The Morgan fingerprint density at radius 1 is 1.62 bits per heavy atom. The summed E-state index contributed by atoms with van der Waals surface area (Å²) in [7, 11) is 5.58. The molecule has 90 valence electrons. The molecule has 1 rings (SSSR count). The number of hydrogen-bond acceptors (Lipinski definition) is 4. The average molecular weight is 227 g/mol. The Kier molecular flexibility index (Phi) is 3.54. The Labute approximate surface area is 96.8 Å². The van der Waals surface area contributed by atoms with E-state index in [2.05, 4.69) is 0 Å². The van der Waals surface area contributed by atoms with Gasteiger partial charge in [-0.15, -0.1) is 0 Å². The smallest absolute Gasteiger partial charge is 0.412 e. The van der Waals surface area contributed by atoms with Crippen LogP contribution in [0.5, 0.6) is 0 Å². The number of likely N-dealkylation sites (tertiary alicyclic amines) is 1. The molecule has 1 heterocycles. The third kappa shape index (κ3) is 2.89. The zero-order valence-corrected chi connectivity index (χ0v) is 9.93. The Hall–Kier alpha value is -0.745. The van der Waals surface area contributed by atoms with Gasteiger partial charge in [-0.05, 0) is 33.6 Å². The van der Waals surface area contributed by atoms with E-state index in [1.807, 2.05) is 0 Å². The van der Waals surface area contributed by atoms with Gasteiger partial charge in [0.1, 0.15) is 13.4 Å². The van der Waals surface area contributed by atoms with Crippen molar-refractivity contribution in [1.29, 1.82) is 0 Å². The lowest BCUT2D eigenvalue weighted by Gasteiger charge is -2.35. The van der Waals surface area contributed by atoms with Crippen molar-refractivity contribution in [2.45, 2.75) is 50.9 Å². The van der Waals surface area contributed by atoms with Crippen molar-refractivity contribution in [1.82, 2.24) is 4.90 Å². The molecule has 1 aliphatic rings. The van der Waals surface area contributed by atoms with Crippen molar-refractivity contribution in [2.24, 2.45) is 0 Å². The van der Waals surface area contributed by atoms with Crippen molar-refractivity contribution in [3.63, 3.8) is 0 Å². The molecule has 0 bridgehead atoms.